The average Bonchev–Trinajstić information content (AvgIpc) is 2.36. The van der Waals surface area contributed by atoms with Gasteiger partial charge in [-0.25, -0.2) is 8.78 Å². The molecular formula is C12H16F2N2O2. The summed E-state index contributed by atoms with van der Waals surface area (Å²) in [4.78, 5) is 11.5. The highest BCUT2D eigenvalue weighted by Gasteiger charge is 2.15. The maximum absolute atomic E-state index is 13.4. The first-order valence-corrected chi connectivity index (χ1v) is 5.51. The van der Waals surface area contributed by atoms with Gasteiger partial charge in [-0.3, -0.25) is 4.79 Å². The molecule has 1 amide bonds. The zero-order chi connectivity index (χ0) is 13.7. The Labute approximate surface area is 104 Å². The molecule has 6 heteroatoms. The number of nitrogens with one attached hydrogen (secondary N) is 1. The van der Waals surface area contributed by atoms with E-state index in [1.807, 2.05) is 6.92 Å². The van der Waals surface area contributed by atoms with Crippen LogP contribution in [0.2, 0.25) is 0 Å². The molecule has 0 heterocycles. The van der Waals surface area contributed by atoms with E-state index in [-0.39, 0.29) is 23.9 Å². The van der Waals surface area contributed by atoms with Crippen LogP contribution in [0, 0.1) is 11.6 Å². The molecule has 0 aliphatic heterocycles. The van der Waals surface area contributed by atoms with Crippen LogP contribution in [0.15, 0.2) is 12.1 Å². The minimum atomic E-state index is -1.15. The number of nitrogens with two attached hydrogens (primary N) is 1. The molecule has 1 aromatic carbocycles. The number of nitrogen functional groups attached to an aromatic ring is 1. The number of hydrogen-bond donors (Lipinski definition) is 2. The molecule has 0 fully saturated rings. The maximum atomic E-state index is 13.4. The van der Waals surface area contributed by atoms with Crippen molar-refractivity contribution in [2.45, 2.75) is 25.9 Å². The Kier molecular flexibility index (Phi) is 5.03. The molecular weight excluding hydrogens is 242 g/mol. The molecule has 0 radical (unpaired) electrons. The molecule has 0 aliphatic rings. The van der Waals surface area contributed by atoms with Gasteiger partial charge in [-0.15, -0.1) is 0 Å². The first kappa shape index (κ1) is 14.4. The van der Waals surface area contributed by atoms with E-state index in [4.69, 9.17) is 10.5 Å². The molecule has 0 bridgehead atoms. The van der Waals surface area contributed by atoms with Crippen LogP contribution >= 0.6 is 0 Å². The van der Waals surface area contributed by atoms with E-state index >= 15 is 0 Å². The van der Waals surface area contributed by atoms with Crippen LogP contribution in [0.5, 0.6) is 0 Å². The van der Waals surface area contributed by atoms with Gasteiger partial charge in [0.05, 0.1) is 11.8 Å². The number of hydrogen-bond acceptors (Lipinski definition) is 3. The molecule has 1 aromatic rings. The second kappa shape index (κ2) is 6.30. The molecule has 1 rings (SSSR count). The van der Waals surface area contributed by atoms with Crippen LogP contribution in [0.1, 0.15) is 19.8 Å². The standard InChI is InChI=1S/C12H16F2N2O2/c1-7(18-2)3-6-10(17)16-12-9(15)5-4-8(13)11(12)14/h4-5,7H,3,6,15H2,1-2H3,(H,16,17). The number of carbonyl (C=O) groups is 1. The van der Waals surface area contributed by atoms with Crippen LogP contribution in [-0.2, 0) is 9.53 Å². The van der Waals surface area contributed by atoms with Crippen molar-refractivity contribution in [3.8, 4) is 0 Å². The minimum absolute atomic E-state index is 0.0120. The molecule has 100 valence electrons. The first-order valence-electron chi connectivity index (χ1n) is 5.51. The normalized spacial score (nSPS) is 12.2. The zero-order valence-corrected chi connectivity index (χ0v) is 10.3. The number of amides is 1. The number of carbonyl (C=O) groups excluding carboxylic acids is 1. The highest BCUT2D eigenvalue weighted by Crippen LogP contribution is 2.24. The van der Waals surface area contributed by atoms with Gasteiger partial charge in [-0.1, -0.05) is 0 Å². The lowest BCUT2D eigenvalue weighted by Gasteiger charge is -2.11. The number of ether oxygens (including phenoxy) is 1. The third kappa shape index (κ3) is 3.66. The first-order chi connectivity index (χ1) is 8.45. The monoisotopic (exact) mass is 258 g/mol. The van der Waals surface area contributed by atoms with E-state index in [0.29, 0.717) is 6.42 Å². The van der Waals surface area contributed by atoms with E-state index < -0.39 is 17.5 Å². The molecule has 3 N–H and O–H groups in total. The lowest BCUT2D eigenvalue weighted by atomic mass is 10.2. The van der Waals surface area contributed by atoms with E-state index in [9.17, 15) is 13.6 Å². The number of halogens is 2. The Bertz CT molecular complexity index is 438. The maximum Gasteiger partial charge on any atom is 0.224 e. The molecule has 1 atom stereocenters. The van der Waals surface area contributed by atoms with E-state index in [1.165, 1.54) is 13.2 Å². The molecule has 0 spiro atoms. The molecule has 0 saturated heterocycles. The number of anilines is 2. The van der Waals surface area contributed by atoms with Gasteiger partial charge in [0.15, 0.2) is 11.6 Å². The Morgan fingerprint density at radius 1 is 1.50 bits per heavy atom. The van der Waals surface area contributed by atoms with Crippen LogP contribution < -0.4 is 11.1 Å². The third-order valence-corrected chi connectivity index (χ3v) is 2.57. The van der Waals surface area contributed by atoms with Crippen LogP contribution in [0.3, 0.4) is 0 Å². The highest BCUT2D eigenvalue weighted by molar-refractivity contribution is 5.93. The lowest BCUT2D eigenvalue weighted by molar-refractivity contribution is -0.116. The second-order valence-electron chi connectivity index (χ2n) is 3.96. The minimum Gasteiger partial charge on any atom is -0.397 e. The largest absolute Gasteiger partial charge is 0.397 e. The molecule has 1 unspecified atom stereocenters. The summed E-state index contributed by atoms with van der Waals surface area (Å²) in [6.45, 7) is 1.81. The number of rotatable bonds is 5. The van der Waals surface area contributed by atoms with Crippen molar-refractivity contribution in [2.24, 2.45) is 0 Å². The summed E-state index contributed by atoms with van der Waals surface area (Å²) in [7, 11) is 1.53. The smallest absolute Gasteiger partial charge is 0.224 e. The van der Waals surface area contributed by atoms with Gasteiger partial charge in [0.25, 0.3) is 0 Å². The molecule has 0 aliphatic carbocycles. The highest BCUT2D eigenvalue weighted by atomic mass is 19.2. The fourth-order valence-corrected chi connectivity index (χ4v) is 1.35. The fourth-order valence-electron chi connectivity index (χ4n) is 1.35. The Morgan fingerprint density at radius 2 is 2.17 bits per heavy atom. The van der Waals surface area contributed by atoms with Crippen molar-refractivity contribution in [2.75, 3.05) is 18.2 Å². The summed E-state index contributed by atoms with van der Waals surface area (Å²) < 4.78 is 31.3. The summed E-state index contributed by atoms with van der Waals surface area (Å²) in [5, 5.41) is 2.26. The van der Waals surface area contributed by atoms with Crippen molar-refractivity contribution in [3.05, 3.63) is 23.8 Å². The summed E-state index contributed by atoms with van der Waals surface area (Å²) in [5.74, 6) is -2.64. The van der Waals surface area contributed by atoms with Gasteiger partial charge in [0.1, 0.15) is 5.69 Å². The van der Waals surface area contributed by atoms with E-state index in [2.05, 4.69) is 5.32 Å². The third-order valence-electron chi connectivity index (χ3n) is 2.57. The van der Waals surface area contributed by atoms with Crippen molar-refractivity contribution in [1.82, 2.24) is 0 Å². The van der Waals surface area contributed by atoms with Gasteiger partial charge < -0.3 is 15.8 Å². The SMILES string of the molecule is COC(C)CCC(=O)Nc1c(N)ccc(F)c1F. The van der Waals surface area contributed by atoms with E-state index in [0.717, 1.165) is 6.07 Å². The molecule has 0 aromatic heterocycles. The number of benzene rings is 1. The van der Waals surface area contributed by atoms with Gasteiger partial charge >= 0.3 is 0 Å². The number of methoxy groups -OCH3 is 1. The second-order valence-corrected chi connectivity index (χ2v) is 3.96. The molecule has 0 saturated carbocycles. The van der Waals surface area contributed by atoms with Crippen molar-refractivity contribution in [3.63, 3.8) is 0 Å². The summed E-state index contributed by atoms with van der Waals surface area (Å²) >= 11 is 0. The summed E-state index contributed by atoms with van der Waals surface area (Å²) in [5.41, 5.74) is 5.15. The predicted octanol–water partition coefficient (Wildman–Crippen LogP) is 2.30. The van der Waals surface area contributed by atoms with Crippen LogP contribution in [0.4, 0.5) is 20.2 Å². The van der Waals surface area contributed by atoms with Crippen molar-refractivity contribution >= 4 is 17.3 Å². The fraction of sp³-hybridized carbons (Fsp3) is 0.417. The van der Waals surface area contributed by atoms with Gasteiger partial charge in [-0.05, 0) is 25.5 Å². The predicted molar refractivity (Wildman–Crippen MR) is 65.1 cm³/mol. The molecule has 18 heavy (non-hydrogen) atoms. The quantitative estimate of drug-likeness (QED) is 0.796. The van der Waals surface area contributed by atoms with E-state index in [1.54, 1.807) is 0 Å². The van der Waals surface area contributed by atoms with Crippen LogP contribution in [-0.4, -0.2) is 19.1 Å². The van der Waals surface area contributed by atoms with Gasteiger partial charge in [0.2, 0.25) is 5.91 Å². The Morgan fingerprint density at radius 3 is 2.78 bits per heavy atom. The lowest BCUT2D eigenvalue weighted by Crippen LogP contribution is -2.17. The summed E-state index contributed by atoms with van der Waals surface area (Å²) in [6, 6.07) is 2.11. The Hall–Kier alpha value is -1.69. The Balaban J connectivity index is 2.68. The van der Waals surface area contributed by atoms with Gasteiger partial charge in [0, 0.05) is 13.5 Å². The van der Waals surface area contributed by atoms with Gasteiger partial charge in [-0.2, -0.15) is 0 Å². The van der Waals surface area contributed by atoms with Crippen molar-refractivity contribution < 1.29 is 18.3 Å². The topological polar surface area (TPSA) is 64.3 Å². The van der Waals surface area contributed by atoms with Crippen LogP contribution in [0.25, 0.3) is 0 Å². The molecule has 4 nitrogen and oxygen atoms in total. The van der Waals surface area contributed by atoms with Crippen molar-refractivity contribution in [1.29, 1.82) is 0 Å². The average molecular weight is 258 g/mol. The zero-order valence-electron chi connectivity index (χ0n) is 10.3. The summed E-state index contributed by atoms with van der Waals surface area (Å²) in [6.07, 6.45) is 0.550.